The minimum absolute atomic E-state index is 0.187. The van der Waals surface area contributed by atoms with Gasteiger partial charge in [0.1, 0.15) is 0 Å². The van der Waals surface area contributed by atoms with Gasteiger partial charge in [-0.15, -0.1) is 0 Å². The van der Waals surface area contributed by atoms with E-state index < -0.39 is 16.1 Å². The van der Waals surface area contributed by atoms with Crippen LogP contribution < -0.4 is 11.5 Å². The van der Waals surface area contributed by atoms with Crippen molar-refractivity contribution in [3.8, 4) is 5.69 Å². The van der Waals surface area contributed by atoms with E-state index in [1.54, 1.807) is 22.8 Å². The van der Waals surface area contributed by atoms with Crippen LogP contribution in [0.15, 0.2) is 48.8 Å². The summed E-state index contributed by atoms with van der Waals surface area (Å²) in [4.78, 5) is 11.6. The number of aromatic nitrogens is 1. The van der Waals surface area contributed by atoms with Gasteiger partial charge in [0.25, 0.3) is 0 Å². The third kappa shape index (κ3) is 6.09. The lowest BCUT2D eigenvalue weighted by atomic mass is 10.2. The second kappa shape index (κ2) is 7.27. The van der Waals surface area contributed by atoms with E-state index in [0.29, 0.717) is 0 Å². The van der Waals surface area contributed by atoms with E-state index in [2.05, 4.69) is 15.7 Å². The van der Waals surface area contributed by atoms with E-state index in [1.807, 2.05) is 24.5 Å². The smallest absolute Gasteiger partial charge is 0.353 e. The molecule has 0 aliphatic carbocycles. The quantitative estimate of drug-likeness (QED) is 0.425. The van der Waals surface area contributed by atoms with Crippen molar-refractivity contribution in [3.63, 3.8) is 0 Å². The van der Waals surface area contributed by atoms with Gasteiger partial charge in [-0.05, 0) is 30.3 Å². The fourth-order valence-corrected chi connectivity index (χ4v) is 1.86. The van der Waals surface area contributed by atoms with Crippen LogP contribution in [-0.4, -0.2) is 31.2 Å². The molecule has 22 heavy (non-hydrogen) atoms. The molecular formula is C13H16N4O4S. The molecule has 0 aliphatic heterocycles. The first-order valence-electron chi connectivity index (χ1n) is 5.96. The highest BCUT2D eigenvalue weighted by Gasteiger charge is 2.14. The Morgan fingerprint density at radius 3 is 2.23 bits per heavy atom. The van der Waals surface area contributed by atoms with Gasteiger partial charge in [-0.25, -0.2) is 4.79 Å². The minimum Gasteiger partial charge on any atom is -0.370 e. The lowest BCUT2D eigenvalue weighted by Crippen LogP contribution is -2.20. The first-order chi connectivity index (χ1) is 10.2. The molecule has 1 aromatic carbocycles. The maximum absolute atomic E-state index is 11.6. The first-order valence-corrected chi connectivity index (χ1v) is 7.77. The molecule has 0 saturated heterocycles. The average molecular weight is 324 g/mol. The molecule has 0 saturated carbocycles. The summed E-state index contributed by atoms with van der Waals surface area (Å²) in [6.07, 6.45) is 4.47. The zero-order valence-corrected chi connectivity index (χ0v) is 12.6. The molecule has 0 unspecified atom stereocenters. The van der Waals surface area contributed by atoms with Gasteiger partial charge in [0, 0.05) is 18.1 Å². The normalized spacial score (nSPS) is 10.2. The third-order valence-corrected chi connectivity index (χ3v) is 2.67. The van der Waals surface area contributed by atoms with Crippen molar-refractivity contribution in [1.29, 1.82) is 5.41 Å². The van der Waals surface area contributed by atoms with Crippen LogP contribution >= 0.6 is 0 Å². The summed E-state index contributed by atoms with van der Waals surface area (Å²) in [5, 5.41) is 6.06. The van der Waals surface area contributed by atoms with E-state index >= 15 is 0 Å². The van der Waals surface area contributed by atoms with Gasteiger partial charge < -0.3 is 20.2 Å². The van der Waals surface area contributed by atoms with Crippen LogP contribution in [0.25, 0.3) is 5.69 Å². The molecule has 2 aromatic rings. The number of carbonyl (C=O) groups is 1. The second-order valence-electron chi connectivity index (χ2n) is 4.17. The summed E-state index contributed by atoms with van der Waals surface area (Å²) in [5.74, 6) is -1.22. The highest BCUT2D eigenvalue weighted by molar-refractivity contribution is 7.86. The Kier molecular flexibility index (Phi) is 5.70. The SMILES string of the molecule is CS(=O)(=O)OC(=O)c1cccc(-n2cccc2)c1.N=C(N)N. The molecule has 8 nitrogen and oxygen atoms in total. The third-order valence-electron chi connectivity index (χ3n) is 2.21. The molecular weight excluding hydrogens is 308 g/mol. The second-order valence-corrected chi connectivity index (χ2v) is 5.75. The number of guanidine groups is 1. The number of carbonyl (C=O) groups excluding carboxylic acids is 1. The van der Waals surface area contributed by atoms with Gasteiger partial charge >= 0.3 is 16.1 Å². The molecule has 5 N–H and O–H groups in total. The Bertz CT molecular complexity index is 750. The molecule has 0 atom stereocenters. The molecule has 0 spiro atoms. The summed E-state index contributed by atoms with van der Waals surface area (Å²) in [6.45, 7) is 0. The van der Waals surface area contributed by atoms with Gasteiger partial charge in [0.05, 0.1) is 11.8 Å². The van der Waals surface area contributed by atoms with Crippen LogP contribution in [0.4, 0.5) is 0 Å². The molecule has 0 amide bonds. The lowest BCUT2D eigenvalue weighted by molar-refractivity contribution is 0.0748. The summed E-state index contributed by atoms with van der Waals surface area (Å²) < 4.78 is 27.9. The van der Waals surface area contributed by atoms with Gasteiger partial charge in [-0.1, -0.05) is 6.07 Å². The van der Waals surface area contributed by atoms with E-state index in [0.717, 1.165) is 11.9 Å². The predicted octanol–water partition coefficient (Wildman–Crippen LogP) is 0.432. The van der Waals surface area contributed by atoms with Crippen LogP contribution in [0, 0.1) is 5.41 Å². The van der Waals surface area contributed by atoms with Crippen molar-refractivity contribution < 1.29 is 17.4 Å². The highest BCUT2D eigenvalue weighted by atomic mass is 32.2. The largest absolute Gasteiger partial charge is 0.370 e. The number of rotatable bonds is 3. The van der Waals surface area contributed by atoms with Crippen LogP contribution in [0.1, 0.15) is 10.4 Å². The highest BCUT2D eigenvalue weighted by Crippen LogP contribution is 2.12. The molecule has 2 rings (SSSR count). The Hall–Kier alpha value is -2.81. The Morgan fingerprint density at radius 1 is 1.18 bits per heavy atom. The monoisotopic (exact) mass is 324 g/mol. The summed E-state index contributed by atoms with van der Waals surface area (Å²) in [6, 6.07) is 10.2. The molecule has 1 heterocycles. The van der Waals surface area contributed by atoms with Gasteiger partial charge in [0.2, 0.25) is 0 Å². The first kappa shape index (κ1) is 17.2. The number of benzene rings is 1. The topological polar surface area (TPSA) is 141 Å². The summed E-state index contributed by atoms with van der Waals surface area (Å²) in [7, 11) is -3.79. The molecule has 0 fully saturated rings. The molecule has 118 valence electrons. The fraction of sp³-hybridized carbons (Fsp3) is 0.0769. The number of nitrogens with two attached hydrogens (primary N) is 2. The van der Waals surface area contributed by atoms with E-state index in [9.17, 15) is 13.2 Å². The lowest BCUT2D eigenvalue weighted by Gasteiger charge is -2.05. The molecule has 0 aliphatic rings. The van der Waals surface area contributed by atoms with Gasteiger partial charge in [0.15, 0.2) is 5.96 Å². The van der Waals surface area contributed by atoms with E-state index in [1.165, 1.54) is 6.07 Å². The van der Waals surface area contributed by atoms with Crippen LogP contribution in [0.2, 0.25) is 0 Å². The van der Waals surface area contributed by atoms with Crippen LogP contribution in [0.3, 0.4) is 0 Å². The zero-order chi connectivity index (χ0) is 16.8. The van der Waals surface area contributed by atoms with Gasteiger partial charge in [-0.2, -0.15) is 8.42 Å². The van der Waals surface area contributed by atoms with Crippen molar-refractivity contribution >= 4 is 22.0 Å². The molecule has 1 aromatic heterocycles. The number of nitrogens with zero attached hydrogens (tertiary/aromatic N) is 1. The van der Waals surface area contributed by atoms with Crippen LogP contribution in [0.5, 0.6) is 0 Å². The van der Waals surface area contributed by atoms with Crippen molar-refractivity contribution in [2.75, 3.05) is 6.26 Å². The van der Waals surface area contributed by atoms with Crippen molar-refractivity contribution in [2.45, 2.75) is 0 Å². The number of hydrogen-bond acceptors (Lipinski definition) is 5. The Balaban J connectivity index is 0.000000541. The molecule has 0 radical (unpaired) electrons. The average Bonchev–Trinajstić information content (AvgIpc) is 2.90. The Morgan fingerprint density at radius 2 is 1.73 bits per heavy atom. The van der Waals surface area contributed by atoms with Crippen LogP contribution in [-0.2, 0) is 14.3 Å². The summed E-state index contributed by atoms with van der Waals surface area (Å²) in [5.41, 5.74) is 9.88. The van der Waals surface area contributed by atoms with E-state index in [4.69, 9.17) is 5.41 Å². The Labute approximate surface area is 127 Å². The predicted molar refractivity (Wildman–Crippen MR) is 82.1 cm³/mol. The minimum atomic E-state index is -3.79. The number of hydrogen-bond donors (Lipinski definition) is 3. The van der Waals surface area contributed by atoms with Crippen molar-refractivity contribution in [2.24, 2.45) is 11.5 Å². The van der Waals surface area contributed by atoms with E-state index in [-0.39, 0.29) is 11.5 Å². The molecule has 9 heteroatoms. The standard InChI is InChI=1S/C12H11NO4S.CH5N3/c1-18(15,16)17-12(14)10-5-4-6-11(9-10)13-7-2-3-8-13;2-1(3)4/h2-9H,1H3;(H5,2,3,4). The van der Waals surface area contributed by atoms with Crippen molar-refractivity contribution in [1.82, 2.24) is 4.57 Å². The maximum Gasteiger partial charge on any atom is 0.353 e. The van der Waals surface area contributed by atoms with Crippen molar-refractivity contribution in [3.05, 3.63) is 54.4 Å². The zero-order valence-electron chi connectivity index (χ0n) is 11.8. The summed E-state index contributed by atoms with van der Waals surface area (Å²) >= 11 is 0. The molecule has 0 bridgehead atoms. The van der Waals surface area contributed by atoms with Gasteiger partial charge in [-0.3, -0.25) is 5.41 Å². The fourth-order valence-electron chi connectivity index (χ4n) is 1.49. The number of nitrogens with one attached hydrogen (secondary N) is 1. The maximum atomic E-state index is 11.6.